The fourth-order valence-electron chi connectivity index (χ4n) is 2.94. The quantitative estimate of drug-likeness (QED) is 0.876. The number of carbonyl (C=O) groups is 2. The molecular formula is C17H11ClF3NO3. The number of nitrogens with zero attached hydrogens (tertiary/aromatic N) is 1. The van der Waals surface area contributed by atoms with Crippen LogP contribution in [0.4, 0.5) is 18.9 Å². The van der Waals surface area contributed by atoms with Gasteiger partial charge >= 0.3 is 5.97 Å². The Kier molecular flexibility index (Phi) is 4.43. The molecule has 4 nitrogen and oxygen atoms in total. The van der Waals surface area contributed by atoms with Crippen LogP contribution in [0.3, 0.4) is 0 Å². The van der Waals surface area contributed by atoms with Gasteiger partial charge in [-0.15, -0.1) is 0 Å². The summed E-state index contributed by atoms with van der Waals surface area (Å²) in [5, 5.41) is 8.65. The lowest BCUT2D eigenvalue weighted by molar-refractivity contribution is -0.117. The van der Waals surface area contributed by atoms with Gasteiger partial charge < -0.3 is 10.0 Å². The lowest BCUT2D eigenvalue weighted by Crippen LogP contribution is -2.29. The Bertz CT molecular complexity index is 888. The number of halogens is 4. The number of anilines is 1. The van der Waals surface area contributed by atoms with E-state index in [4.69, 9.17) is 16.7 Å². The van der Waals surface area contributed by atoms with Gasteiger partial charge in [0.1, 0.15) is 17.5 Å². The molecule has 0 spiro atoms. The lowest BCUT2D eigenvalue weighted by Gasteiger charge is -2.26. The number of benzene rings is 2. The van der Waals surface area contributed by atoms with Crippen molar-refractivity contribution in [3.63, 3.8) is 0 Å². The molecule has 3 rings (SSSR count). The predicted molar refractivity (Wildman–Crippen MR) is 84.2 cm³/mol. The van der Waals surface area contributed by atoms with Crippen LogP contribution in [0.1, 0.15) is 34.8 Å². The van der Waals surface area contributed by atoms with E-state index in [0.717, 1.165) is 11.0 Å². The molecule has 1 N–H and O–H groups in total. The summed E-state index contributed by atoms with van der Waals surface area (Å²) < 4.78 is 42.0. The number of amides is 1. The van der Waals surface area contributed by atoms with Crippen LogP contribution in [-0.4, -0.2) is 17.0 Å². The zero-order valence-electron chi connectivity index (χ0n) is 12.6. The van der Waals surface area contributed by atoms with E-state index in [1.54, 1.807) is 0 Å². The molecule has 1 heterocycles. The van der Waals surface area contributed by atoms with E-state index < -0.39 is 46.6 Å². The minimum atomic E-state index is -1.62. The second-order valence-corrected chi connectivity index (χ2v) is 5.93. The highest BCUT2D eigenvalue weighted by atomic mass is 35.5. The molecule has 0 aromatic heterocycles. The second-order valence-electron chi connectivity index (χ2n) is 5.55. The van der Waals surface area contributed by atoms with Crippen LogP contribution in [0.2, 0.25) is 5.02 Å². The van der Waals surface area contributed by atoms with Crippen molar-refractivity contribution in [3.05, 3.63) is 63.9 Å². The fraction of sp³-hybridized carbons (Fsp3) is 0.176. The molecular weight excluding hydrogens is 359 g/mol. The third-order valence-corrected chi connectivity index (χ3v) is 4.48. The van der Waals surface area contributed by atoms with Crippen molar-refractivity contribution < 1.29 is 27.9 Å². The Hall–Kier alpha value is -2.54. The minimum absolute atomic E-state index is 0.0409. The predicted octanol–water partition coefficient (Wildman–Crippen LogP) is 4.32. The molecule has 25 heavy (non-hydrogen) atoms. The standard InChI is InChI=1S/C17H11ClF3NO3/c18-16-8(2-1-3-10(16)19)13-4-5-15(23)22(13)14-7-11(20)9(17(24)25)6-12(14)21/h1-3,6-7,13H,4-5H2,(H,24,25). The van der Waals surface area contributed by atoms with Gasteiger partial charge in [-0.2, -0.15) is 0 Å². The monoisotopic (exact) mass is 369 g/mol. The first-order valence-corrected chi connectivity index (χ1v) is 7.67. The molecule has 130 valence electrons. The number of rotatable bonds is 3. The zero-order valence-corrected chi connectivity index (χ0v) is 13.4. The highest BCUT2D eigenvalue weighted by Crippen LogP contribution is 2.41. The van der Waals surface area contributed by atoms with Gasteiger partial charge in [0.15, 0.2) is 0 Å². The number of hydrogen-bond acceptors (Lipinski definition) is 2. The number of carboxylic acids is 1. The average molecular weight is 370 g/mol. The smallest absolute Gasteiger partial charge is 0.338 e. The van der Waals surface area contributed by atoms with Crippen LogP contribution in [0.25, 0.3) is 0 Å². The van der Waals surface area contributed by atoms with E-state index in [9.17, 15) is 22.8 Å². The summed E-state index contributed by atoms with van der Waals surface area (Å²) >= 11 is 5.95. The molecule has 1 aliphatic heterocycles. The second kappa shape index (κ2) is 6.40. The first kappa shape index (κ1) is 17.3. The summed E-state index contributed by atoms with van der Waals surface area (Å²) in [7, 11) is 0. The maximum Gasteiger partial charge on any atom is 0.338 e. The van der Waals surface area contributed by atoms with Crippen molar-refractivity contribution in [2.75, 3.05) is 4.90 Å². The SMILES string of the molecule is O=C(O)c1cc(F)c(N2C(=O)CCC2c2cccc(F)c2Cl)cc1F. The topological polar surface area (TPSA) is 57.6 Å². The molecule has 0 radical (unpaired) electrons. The summed E-state index contributed by atoms with van der Waals surface area (Å²) in [6, 6.07) is 4.45. The van der Waals surface area contributed by atoms with Gasteiger partial charge in [0.2, 0.25) is 5.91 Å². The van der Waals surface area contributed by atoms with E-state index in [0.29, 0.717) is 12.1 Å². The summed E-state index contributed by atoms with van der Waals surface area (Å²) in [5.41, 5.74) is -0.974. The van der Waals surface area contributed by atoms with Crippen molar-refractivity contribution in [2.24, 2.45) is 0 Å². The molecule has 8 heteroatoms. The Morgan fingerprint density at radius 1 is 1.16 bits per heavy atom. The highest BCUT2D eigenvalue weighted by molar-refractivity contribution is 6.31. The number of aromatic carboxylic acids is 1. The van der Waals surface area contributed by atoms with E-state index in [1.807, 2.05) is 0 Å². The van der Waals surface area contributed by atoms with Crippen LogP contribution >= 0.6 is 11.6 Å². The summed E-state index contributed by atoms with van der Waals surface area (Å²) in [4.78, 5) is 24.1. The van der Waals surface area contributed by atoms with Gasteiger partial charge in [-0.1, -0.05) is 23.7 Å². The molecule has 1 fully saturated rings. The van der Waals surface area contributed by atoms with Crippen molar-refractivity contribution in [1.29, 1.82) is 0 Å². The van der Waals surface area contributed by atoms with Crippen molar-refractivity contribution in [3.8, 4) is 0 Å². The molecule has 0 saturated carbocycles. The van der Waals surface area contributed by atoms with Gasteiger partial charge in [0, 0.05) is 12.5 Å². The van der Waals surface area contributed by atoms with Gasteiger partial charge in [0.05, 0.1) is 22.3 Å². The first-order chi connectivity index (χ1) is 11.8. The summed E-state index contributed by atoms with van der Waals surface area (Å²) in [6.45, 7) is 0. The molecule has 1 atom stereocenters. The summed E-state index contributed by atoms with van der Waals surface area (Å²) in [5.74, 6) is -5.04. The van der Waals surface area contributed by atoms with E-state index in [1.165, 1.54) is 12.1 Å². The Labute approximate surface area is 145 Å². The van der Waals surface area contributed by atoms with E-state index in [2.05, 4.69) is 0 Å². The zero-order chi connectivity index (χ0) is 18.3. The number of carboxylic acid groups (broad SMARTS) is 1. The van der Waals surface area contributed by atoms with Crippen LogP contribution < -0.4 is 4.90 Å². The third-order valence-electron chi connectivity index (χ3n) is 4.08. The van der Waals surface area contributed by atoms with Crippen LogP contribution in [0.15, 0.2) is 30.3 Å². The van der Waals surface area contributed by atoms with Crippen molar-refractivity contribution >= 4 is 29.2 Å². The molecule has 2 aromatic carbocycles. The Balaban J connectivity index is 2.11. The number of hydrogen-bond donors (Lipinski definition) is 1. The molecule has 1 unspecified atom stereocenters. The van der Waals surface area contributed by atoms with E-state index in [-0.39, 0.29) is 23.4 Å². The highest BCUT2D eigenvalue weighted by Gasteiger charge is 2.37. The molecule has 1 amide bonds. The fourth-order valence-corrected chi connectivity index (χ4v) is 3.19. The normalized spacial score (nSPS) is 17.2. The van der Waals surface area contributed by atoms with Gasteiger partial charge in [-0.05, 0) is 24.1 Å². The first-order valence-electron chi connectivity index (χ1n) is 7.29. The van der Waals surface area contributed by atoms with Gasteiger partial charge in [-0.3, -0.25) is 4.79 Å². The number of carbonyl (C=O) groups excluding carboxylic acids is 1. The van der Waals surface area contributed by atoms with E-state index >= 15 is 0 Å². The molecule has 0 bridgehead atoms. The third kappa shape index (κ3) is 2.95. The van der Waals surface area contributed by atoms with Crippen LogP contribution in [0.5, 0.6) is 0 Å². The maximum absolute atomic E-state index is 14.4. The Morgan fingerprint density at radius 3 is 2.56 bits per heavy atom. The van der Waals surface area contributed by atoms with Crippen molar-refractivity contribution in [2.45, 2.75) is 18.9 Å². The minimum Gasteiger partial charge on any atom is -0.478 e. The summed E-state index contributed by atoms with van der Waals surface area (Å²) in [6.07, 6.45) is 0.281. The van der Waals surface area contributed by atoms with Crippen LogP contribution in [0, 0.1) is 17.5 Å². The van der Waals surface area contributed by atoms with Gasteiger partial charge in [-0.25, -0.2) is 18.0 Å². The molecule has 2 aromatic rings. The molecule has 0 aliphatic carbocycles. The maximum atomic E-state index is 14.4. The Morgan fingerprint density at radius 2 is 1.88 bits per heavy atom. The molecule has 1 saturated heterocycles. The average Bonchev–Trinajstić information content (AvgIpc) is 2.93. The van der Waals surface area contributed by atoms with Crippen LogP contribution in [-0.2, 0) is 4.79 Å². The largest absolute Gasteiger partial charge is 0.478 e. The van der Waals surface area contributed by atoms with Crippen molar-refractivity contribution in [1.82, 2.24) is 0 Å². The lowest BCUT2D eigenvalue weighted by atomic mass is 10.0. The van der Waals surface area contributed by atoms with Gasteiger partial charge in [0.25, 0.3) is 0 Å². The molecule has 1 aliphatic rings.